The predicted molar refractivity (Wildman–Crippen MR) is 91.6 cm³/mol. The van der Waals surface area contributed by atoms with Crippen molar-refractivity contribution < 1.29 is 4.79 Å². The maximum atomic E-state index is 12.2. The molecule has 0 saturated heterocycles. The molecule has 1 heterocycles. The SMILES string of the molecule is CC(C)CCNc1ccnc(C(=O)Nc2ccccc2Cl)c1. The molecule has 0 bridgehead atoms. The van der Waals surface area contributed by atoms with Gasteiger partial charge in [-0.1, -0.05) is 37.6 Å². The van der Waals surface area contributed by atoms with E-state index in [1.54, 1.807) is 24.4 Å². The van der Waals surface area contributed by atoms with E-state index < -0.39 is 0 Å². The lowest BCUT2D eigenvalue weighted by molar-refractivity contribution is 0.102. The molecule has 0 aliphatic rings. The zero-order valence-electron chi connectivity index (χ0n) is 12.8. The standard InChI is InChI=1S/C17H20ClN3O/c1-12(2)7-9-19-13-8-10-20-16(11-13)17(22)21-15-6-4-3-5-14(15)18/h3-6,8,10-12H,7,9H2,1-2H3,(H,19,20)(H,21,22). The quantitative estimate of drug-likeness (QED) is 0.827. The molecule has 1 aromatic carbocycles. The van der Waals surface area contributed by atoms with Gasteiger partial charge in [0.25, 0.3) is 5.91 Å². The number of anilines is 2. The molecule has 22 heavy (non-hydrogen) atoms. The van der Waals surface area contributed by atoms with Crippen molar-refractivity contribution >= 4 is 28.9 Å². The van der Waals surface area contributed by atoms with Crippen molar-refractivity contribution in [3.8, 4) is 0 Å². The van der Waals surface area contributed by atoms with Crippen molar-refractivity contribution in [2.24, 2.45) is 5.92 Å². The maximum absolute atomic E-state index is 12.2. The summed E-state index contributed by atoms with van der Waals surface area (Å²) in [4.78, 5) is 16.4. The number of carbonyl (C=O) groups is 1. The molecular weight excluding hydrogens is 298 g/mol. The van der Waals surface area contributed by atoms with Crippen molar-refractivity contribution in [3.63, 3.8) is 0 Å². The molecule has 0 radical (unpaired) electrons. The first-order valence-electron chi connectivity index (χ1n) is 7.32. The zero-order valence-corrected chi connectivity index (χ0v) is 13.5. The van der Waals surface area contributed by atoms with Crippen LogP contribution in [-0.2, 0) is 0 Å². The molecule has 1 aromatic heterocycles. The Morgan fingerprint density at radius 1 is 1.27 bits per heavy atom. The van der Waals surface area contributed by atoms with Crippen LogP contribution in [0.15, 0.2) is 42.6 Å². The highest BCUT2D eigenvalue weighted by Gasteiger charge is 2.10. The molecule has 0 unspecified atom stereocenters. The Morgan fingerprint density at radius 2 is 2.05 bits per heavy atom. The smallest absolute Gasteiger partial charge is 0.274 e. The minimum absolute atomic E-state index is 0.277. The highest BCUT2D eigenvalue weighted by molar-refractivity contribution is 6.33. The minimum atomic E-state index is -0.277. The van der Waals surface area contributed by atoms with Crippen LogP contribution in [0.4, 0.5) is 11.4 Å². The van der Waals surface area contributed by atoms with Crippen LogP contribution in [0.25, 0.3) is 0 Å². The van der Waals surface area contributed by atoms with E-state index in [0.717, 1.165) is 18.7 Å². The summed E-state index contributed by atoms with van der Waals surface area (Å²) < 4.78 is 0. The summed E-state index contributed by atoms with van der Waals surface area (Å²) in [6.45, 7) is 5.22. The number of carbonyl (C=O) groups excluding carboxylic acids is 1. The lowest BCUT2D eigenvalue weighted by Gasteiger charge is -2.10. The van der Waals surface area contributed by atoms with Crippen LogP contribution in [0, 0.1) is 5.92 Å². The van der Waals surface area contributed by atoms with Crippen LogP contribution in [0.3, 0.4) is 0 Å². The topological polar surface area (TPSA) is 54.0 Å². The molecule has 2 rings (SSSR count). The second kappa shape index (κ2) is 7.80. The average Bonchev–Trinajstić information content (AvgIpc) is 2.49. The summed E-state index contributed by atoms with van der Waals surface area (Å²) >= 11 is 6.04. The van der Waals surface area contributed by atoms with Crippen LogP contribution in [-0.4, -0.2) is 17.4 Å². The number of nitrogens with zero attached hydrogens (tertiary/aromatic N) is 1. The Balaban J connectivity index is 2.02. The van der Waals surface area contributed by atoms with Crippen molar-refractivity contribution in [2.75, 3.05) is 17.2 Å². The summed E-state index contributed by atoms with van der Waals surface area (Å²) in [5, 5.41) is 6.57. The van der Waals surface area contributed by atoms with Gasteiger partial charge in [-0.2, -0.15) is 0 Å². The van der Waals surface area contributed by atoms with Crippen LogP contribution < -0.4 is 10.6 Å². The fourth-order valence-corrected chi connectivity index (χ4v) is 2.10. The number of hydrogen-bond donors (Lipinski definition) is 2. The number of benzene rings is 1. The largest absolute Gasteiger partial charge is 0.385 e. The summed E-state index contributed by atoms with van der Waals surface area (Å²) in [6, 6.07) is 10.7. The molecule has 0 saturated carbocycles. The van der Waals surface area contributed by atoms with Crippen LogP contribution >= 0.6 is 11.6 Å². The second-order valence-corrected chi connectivity index (χ2v) is 5.88. The van der Waals surface area contributed by atoms with E-state index in [1.807, 2.05) is 18.2 Å². The molecule has 2 N–H and O–H groups in total. The third kappa shape index (κ3) is 4.74. The van der Waals surface area contributed by atoms with Gasteiger partial charge in [-0.15, -0.1) is 0 Å². The number of pyridine rings is 1. The Labute approximate surface area is 135 Å². The molecule has 4 nitrogen and oxygen atoms in total. The highest BCUT2D eigenvalue weighted by Crippen LogP contribution is 2.21. The summed E-state index contributed by atoms with van der Waals surface area (Å²) in [7, 11) is 0. The molecular formula is C17H20ClN3O. The number of rotatable bonds is 6. The molecule has 0 fully saturated rings. The molecule has 0 aliphatic heterocycles. The van der Waals surface area contributed by atoms with E-state index >= 15 is 0 Å². The van der Waals surface area contributed by atoms with E-state index in [9.17, 15) is 4.79 Å². The van der Waals surface area contributed by atoms with E-state index in [0.29, 0.717) is 22.3 Å². The van der Waals surface area contributed by atoms with Gasteiger partial charge in [0.1, 0.15) is 5.69 Å². The van der Waals surface area contributed by atoms with Gasteiger partial charge >= 0.3 is 0 Å². The van der Waals surface area contributed by atoms with Crippen molar-refractivity contribution in [3.05, 3.63) is 53.3 Å². The second-order valence-electron chi connectivity index (χ2n) is 5.47. The first kappa shape index (κ1) is 16.3. The minimum Gasteiger partial charge on any atom is -0.385 e. The Morgan fingerprint density at radius 3 is 2.77 bits per heavy atom. The predicted octanol–water partition coefficient (Wildman–Crippen LogP) is 4.45. The van der Waals surface area contributed by atoms with Gasteiger partial charge in [-0.25, -0.2) is 0 Å². The number of hydrogen-bond acceptors (Lipinski definition) is 3. The highest BCUT2D eigenvalue weighted by atomic mass is 35.5. The molecule has 116 valence electrons. The van der Waals surface area contributed by atoms with Crippen molar-refractivity contribution in [1.82, 2.24) is 4.98 Å². The Kier molecular flexibility index (Phi) is 5.78. The van der Waals surface area contributed by atoms with Crippen LogP contribution in [0.1, 0.15) is 30.8 Å². The third-order valence-electron chi connectivity index (χ3n) is 3.17. The average molecular weight is 318 g/mol. The fraction of sp³-hybridized carbons (Fsp3) is 0.294. The first-order valence-corrected chi connectivity index (χ1v) is 7.70. The summed E-state index contributed by atoms with van der Waals surface area (Å²) in [6.07, 6.45) is 2.70. The molecule has 2 aromatic rings. The van der Waals surface area contributed by atoms with E-state index in [2.05, 4.69) is 29.5 Å². The molecule has 0 atom stereocenters. The monoisotopic (exact) mass is 317 g/mol. The van der Waals surface area contributed by atoms with Gasteiger partial charge in [0.05, 0.1) is 10.7 Å². The van der Waals surface area contributed by atoms with Gasteiger partial charge in [0, 0.05) is 18.4 Å². The number of halogens is 1. The number of aromatic nitrogens is 1. The fourth-order valence-electron chi connectivity index (χ4n) is 1.92. The number of amides is 1. The van der Waals surface area contributed by atoms with Gasteiger partial charge in [-0.05, 0) is 36.6 Å². The van der Waals surface area contributed by atoms with Gasteiger partial charge in [0.15, 0.2) is 0 Å². The van der Waals surface area contributed by atoms with Gasteiger partial charge in [0.2, 0.25) is 0 Å². The normalized spacial score (nSPS) is 10.5. The Bertz CT molecular complexity index is 643. The lowest BCUT2D eigenvalue weighted by Crippen LogP contribution is -2.14. The summed E-state index contributed by atoms with van der Waals surface area (Å²) in [5.74, 6) is 0.359. The third-order valence-corrected chi connectivity index (χ3v) is 3.50. The van der Waals surface area contributed by atoms with Crippen LogP contribution in [0.2, 0.25) is 5.02 Å². The van der Waals surface area contributed by atoms with E-state index in [4.69, 9.17) is 11.6 Å². The van der Waals surface area contributed by atoms with E-state index in [1.165, 1.54) is 0 Å². The Hall–Kier alpha value is -2.07. The summed E-state index contributed by atoms with van der Waals surface area (Å²) in [5.41, 5.74) is 1.82. The zero-order chi connectivity index (χ0) is 15.9. The first-order chi connectivity index (χ1) is 10.6. The molecule has 0 aliphatic carbocycles. The van der Waals surface area contributed by atoms with Crippen molar-refractivity contribution in [2.45, 2.75) is 20.3 Å². The lowest BCUT2D eigenvalue weighted by atomic mass is 10.1. The van der Waals surface area contributed by atoms with Crippen LogP contribution in [0.5, 0.6) is 0 Å². The number of para-hydroxylation sites is 1. The van der Waals surface area contributed by atoms with Gasteiger partial charge < -0.3 is 10.6 Å². The molecule has 1 amide bonds. The van der Waals surface area contributed by atoms with E-state index in [-0.39, 0.29) is 5.91 Å². The van der Waals surface area contributed by atoms with Crippen molar-refractivity contribution in [1.29, 1.82) is 0 Å². The number of nitrogens with one attached hydrogen (secondary N) is 2. The maximum Gasteiger partial charge on any atom is 0.274 e. The molecule has 0 spiro atoms. The van der Waals surface area contributed by atoms with Gasteiger partial charge in [-0.3, -0.25) is 9.78 Å². The molecule has 5 heteroatoms.